The summed E-state index contributed by atoms with van der Waals surface area (Å²) in [6, 6.07) is 1.08. The van der Waals surface area contributed by atoms with Gasteiger partial charge in [-0.2, -0.15) is 0 Å². The SMILES string of the molecule is Cc1nnc(CN=C(NC2CCCC2)NC2CC(C)CC(C)C2)n1C.I. The molecule has 0 spiro atoms. The second-order valence-electron chi connectivity index (χ2n) is 8.27. The van der Waals surface area contributed by atoms with E-state index in [-0.39, 0.29) is 24.0 Å². The van der Waals surface area contributed by atoms with Gasteiger partial charge >= 0.3 is 0 Å². The first-order chi connectivity index (χ1) is 12.0. The quantitative estimate of drug-likeness (QED) is 0.398. The largest absolute Gasteiger partial charge is 0.354 e. The number of nitrogens with one attached hydrogen (secondary N) is 2. The molecule has 148 valence electrons. The van der Waals surface area contributed by atoms with Gasteiger partial charge in [0.25, 0.3) is 0 Å². The number of hydrogen-bond acceptors (Lipinski definition) is 3. The van der Waals surface area contributed by atoms with Gasteiger partial charge in [-0.15, -0.1) is 34.2 Å². The minimum Gasteiger partial charge on any atom is -0.354 e. The molecule has 1 aromatic rings. The Morgan fingerprint density at radius 1 is 1.04 bits per heavy atom. The van der Waals surface area contributed by atoms with Gasteiger partial charge in [0.2, 0.25) is 0 Å². The second-order valence-corrected chi connectivity index (χ2v) is 8.27. The van der Waals surface area contributed by atoms with Gasteiger partial charge in [0.1, 0.15) is 12.4 Å². The number of aliphatic imine (C=N–C) groups is 1. The van der Waals surface area contributed by atoms with Gasteiger partial charge in [-0.1, -0.05) is 26.7 Å². The van der Waals surface area contributed by atoms with Crippen molar-refractivity contribution in [3.63, 3.8) is 0 Å². The van der Waals surface area contributed by atoms with Gasteiger partial charge in [-0.3, -0.25) is 0 Å². The lowest BCUT2D eigenvalue weighted by atomic mass is 9.80. The van der Waals surface area contributed by atoms with Crippen LogP contribution in [0.2, 0.25) is 0 Å². The molecule has 0 bridgehead atoms. The molecule has 3 rings (SSSR count). The lowest BCUT2D eigenvalue weighted by molar-refractivity contribution is 0.254. The molecule has 6 nitrogen and oxygen atoms in total. The number of aryl methyl sites for hydroxylation is 1. The number of rotatable bonds is 4. The van der Waals surface area contributed by atoms with Crippen molar-refractivity contribution in [3.05, 3.63) is 11.6 Å². The van der Waals surface area contributed by atoms with E-state index in [1.54, 1.807) is 0 Å². The number of nitrogens with zero attached hydrogens (tertiary/aromatic N) is 4. The van der Waals surface area contributed by atoms with E-state index >= 15 is 0 Å². The highest BCUT2D eigenvalue weighted by Gasteiger charge is 2.25. The topological polar surface area (TPSA) is 67.1 Å². The fourth-order valence-corrected chi connectivity index (χ4v) is 4.39. The summed E-state index contributed by atoms with van der Waals surface area (Å²) in [5, 5.41) is 15.8. The molecule has 0 radical (unpaired) electrons. The van der Waals surface area contributed by atoms with Crippen molar-refractivity contribution >= 4 is 29.9 Å². The first kappa shape index (κ1) is 21.4. The fourth-order valence-electron chi connectivity index (χ4n) is 4.39. The van der Waals surface area contributed by atoms with Crippen LogP contribution in [0.1, 0.15) is 70.4 Å². The van der Waals surface area contributed by atoms with Crippen molar-refractivity contribution in [3.8, 4) is 0 Å². The lowest BCUT2D eigenvalue weighted by Crippen LogP contribution is -2.48. The van der Waals surface area contributed by atoms with Crippen LogP contribution in [0.25, 0.3) is 0 Å². The van der Waals surface area contributed by atoms with Crippen molar-refractivity contribution in [2.45, 2.75) is 84.3 Å². The molecular weight excluding hydrogens is 439 g/mol. The Kier molecular flexibility index (Phi) is 8.16. The third-order valence-electron chi connectivity index (χ3n) is 5.78. The van der Waals surface area contributed by atoms with E-state index in [9.17, 15) is 0 Å². The average molecular weight is 474 g/mol. The van der Waals surface area contributed by atoms with E-state index in [0.29, 0.717) is 18.6 Å². The van der Waals surface area contributed by atoms with Crippen LogP contribution in [0.5, 0.6) is 0 Å². The summed E-state index contributed by atoms with van der Waals surface area (Å²) < 4.78 is 2.02. The van der Waals surface area contributed by atoms with Gasteiger partial charge in [-0.05, 0) is 50.9 Å². The average Bonchev–Trinajstić information content (AvgIpc) is 3.16. The van der Waals surface area contributed by atoms with Crippen LogP contribution >= 0.6 is 24.0 Å². The van der Waals surface area contributed by atoms with Crippen molar-refractivity contribution in [2.24, 2.45) is 23.9 Å². The third kappa shape index (κ3) is 5.82. The zero-order chi connectivity index (χ0) is 17.8. The normalized spacial score (nSPS) is 27.2. The monoisotopic (exact) mass is 474 g/mol. The Hall–Kier alpha value is -0.860. The molecule has 1 heterocycles. The number of hydrogen-bond donors (Lipinski definition) is 2. The number of aromatic nitrogens is 3. The van der Waals surface area contributed by atoms with E-state index in [4.69, 9.17) is 4.99 Å². The Labute approximate surface area is 175 Å². The summed E-state index contributed by atoms with van der Waals surface area (Å²) in [6.45, 7) is 7.28. The highest BCUT2D eigenvalue weighted by atomic mass is 127. The first-order valence-corrected chi connectivity index (χ1v) is 9.93. The molecule has 2 unspecified atom stereocenters. The molecule has 2 N–H and O–H groups in total. The minimum absolute atomic E-state index is 0. The molecular formula is C19H35IN6. The van der Waals surface area contributed by atoms with Crippen LogP contribution < -0.4 is 10.6 Å². The van der Waals surface area contributed by atoms with E-state index in [0.717, 1.165) is 29.4 Å². The maximum absolute atomic E-state index is 4.85. The molecule has 26 heavy (non-hydrogen) atoms. The van der Waals surface area contributed by atoms with Gasteiger partial charge in [0.05, 0.1) is 0 Å². The maximum Gasteiger partial charge on any atom is 0.192 e. The highest BCUT2D eigenvalue weighted by Crippen LogP contribution is 2.28. The van der Waals surface area contributed by atoms with Crippen LogP contribution in [0.15, 0.2) is 4.99 Å². The second kappa shape index (κ2) is 9.90. The zero-order valence-corrected chi connectivity index (χ0v) is 19.0. The summed E-state index contributed by atoms with van der Waals surface area (Å²) in [7, 11) is 2.00. The highest BCUT2D eigenvalue weighted by molar-refractivity contribution is 14.0. The Morgan fingerprint density at radius 2 is 1.65 bits per heavy atom. The minimum atomic E-state index is 0. The Bertz CT molecular complexity index is 583. The first-order valence-electron chi connectivity index (χ1n) is 9.93. The summed E-state index contributed by atoms with van der Waals surface area (Å²) >= 11 is 0. The fraction of sp³-hybridized carbons (Fsp3) is 0.842. The van der Waals surface area contributed by atoms with Crippen LogP contribution in [0.4, 0.5) is 0 Å². The Morgan fingerprint density at radius 3 is 2.23 bits per heavy atom. The van der Waals surface area contributed by atoms with Crippen molar-refractivity contribution in [1.82, 2.24) is 25.4 Å². The van der Waals surface area contributed by atoms with E-state index in [2.05, 4.69) is 34.7 Å². The van der Waals surface area contributed by atoms with Gasteiger partial charge < -0.3 is 15.2 Å². The van der Waals surface area contributed by atoms with Crippen LogP contribution in [0, 0.1) is 18.8 Å². The Balaban J connectivity index is 0.00000243. The third-order valence-corrected chi connectivity index (χ3v) is 5.78. The molecule has 2 saturated carbocycles. The van der Waals surface area contributed by atoms with Crippen molar-refractivity contribution in [2.75, 3.05) is 0 Å². The number of guanidine groups is 1. The van der Waals surface area contributed by atoms with Gasteiger partial charge in [-0.25, -0.2) is 4.99 Å². The van der Waals surface area contributed by atoms with Crippen LogP contribution in [-0.2, 0) is 13.6 Å². The summed E-state index contributed by atoms with van der Waals surface area (Å²) in [4.78, 5) is 4.85. The van der Waals surface area contributed by atoms with Crippen molar-refractivity contribution in [1.29, 1.82) is 0 Å². The predicted octanol–water partition coefficient (Wildman–Crippen LogP) is 3.54. The summed E-state index contributed by atoms with van der Waals surface area (Å²) in [6.07, 6.45) is 8.97. The standard InChI is InChI=1S/C19H34N6.HI/c1-13-9-14(2)11-17(10-13)22-19(21-16-7-5-6-8-16)20-12-18-24-23-15(3)25(18)4;/h13-14,16-17H,5-12H2,1-4H3,(H2,20,21,22);1H. The number of halogens is 1. The summed E-state index contributed by atoms with van der Waals surface area (Å²) in [5.41, 5.74) is 0. The molecule has 0 aromatic carbocycles. The van der Waals surface area contributed by atoms with Crippen LogP contribution in [-0.4, -0.2) is 32.8 Å². The molecule has 2 aliphatic rings. The van der Waals surface area contributed by atoms with E-state index in [1.165, 1.54) is 44.9 Å². The molecule has 0 saturated heterocycles. The molecule has 2 fully saturated rings. The van der Waals surface area contributed by atoms with Crippen molar-refractivity contribution < 1.29 is 0 Å². The van der Waals surface area contributed by atoms with E-state index < -0.39 is 0 Å². The molecule has 0 aliphatic heterocycles. The zero-order valence-electron chi connectivity index (χ0n) is 16.7. The smallest absolute Gasteiger partial charge is 0.192 e. The van der Waals surface area contributed by atoms with Gasteiger partial charge in [0.15, 0.2) is 11.8 Å². The summed E-state index contributed by atoms with van der Waals surface area (Å²) in [5.74, 6) is 4.37. The molecule has 7 heteroatoms. The van der Waals surface area contributed by atoms with Crippen LogP contribution in [0.3, 0.4) is 0 Å². The molecule has 2 aliphatic carbocycles. The maximum atomic E-state index is 4.85. The predicted molar refractivity (Wildman–Crippen MR) is 117 cm³/mol. The lowest BCUT2D eigenvalue weighted by Gasteiger charge is -2.33. The molecule has 0 amide bonds. The molecule has 2 atom stereocenters. The van der Waals surface area contributed by atoms with E-state index in [1.807, 2.05) is 18.5 Å². The van der Waals surface area contributed by atoms with Gasteiger partial charge in [0, 0.05) is 19.1 Å². The molecule has 1 aromatic heterocycles.